The SMILES string of the molecule is CC[C@@H]1CC[C@H](c2ncc(-c3ccc(-c4ccc(C)c5c4C4CCC5C4)cc3)[nH]2)C1. The molecule has 2 heteroatoms. The molecule has 1 heterocycles. The number of imidazole rings is 1. The van der Waals surface area contributed by atoms with Crippen LogP contribution in [0.2, 0.25) is 0 Å². The molecule has 2 unspecified atom stereocenters. The Morgan fingerprint density at radius 2 is 1.57 bits per heavy atom. The Labute approximate surface area is 180 Å². The molecule has 0 spiro atoms. The maximum absolute atomic E-state index is 4.75. The van der Waals surface area contributed by atoms with E-state index in [2.05, 4.69) is 55.2 Å². The van der Waals surface area contributed by atoms with E-state index in [1.165, 1.54) is 73.0 Å². The van der Waals surface area contributed by atoms with Gasteiger partial charge in [-0.25, -0.2) is 4.98 Å². The lowest BCUT2D eigenvalue weighted by atomic mass is 9.83. The number of aromatic amines is 1. The van der Waals surface area contributed by atoms with Gasteiger partial charge in [0.25, 0.3) is 0 Å². The number of aromatic nitrogens is 2. The fourth-order valence-electron chi connectivity index (χ4n) is 6.70. The summed E-state index contributed by atoms with van der Waals surface area (Å²) in [5, 5.41) is 0. The van der Waals surface area contributed by atoms with Crippen LogP contribution in [0.3, 0.4) is 0 Å². The van der Waals surface area contributed by atoms with E-state index < -0.39 is 0 Å². The first-order valence-corrected chi connectivity index (χ1v) is 12.0. The number of benzene rings is 2. The molecule has 154 valence electrons. The van der Waals surface area contributed by atoms with Gasteiger partial charge in [0.2, 0.25) is 0 Å². The van der Waals surface area contributed by atoms with Crippen LogP contribution < -0.4 is 0 Å². The third kappa shape index (κ3) is 2.87. The van der Waals surface area contributed by atoms with Gasteiger partial charge in [0, 0.05) is 5.92 Å². The highest BCUT2D eigenvalue weighted by atomic mass is 14.9. The van der Waals surface area contributed by atoms with Crippen molar-refractivity contribution in [3.8, 4) is 22.4 Å². The van der Waals surface area contributed by atoms with Gasteiger partial charge in [0.05, 0.1) is 11.9 Å². The maximum atomic E-state index is 4.75. The molecular formula is C28H32N2. The Kier molecular flexibility index (Phi) is 4.37. The van der Waals surface area contributed by atoms with Gasteiger partial charge in [0.15, 0.2) is 0 Å². The Bertz CT molecular complexity index is 1070. The molecular weight excluding hydrogens is 364 g/mol. The minimum atomic E-state index is 0.619. The minimum Gasteiger partial charge on any atom is -0.342 e. The van der Waals surface area contributed by atoms with Crippen molar-refractivity contribution in [3.05, 3.63) is 65.1 Å². The second kappa shape index (κ2) is 7.11. The summed E-state index contributed by atoms with van der Waals surface area (Å²) >= 11 is 0. The minimum absolute atomic E-state index is 0.619. The zero-order valence-corrected chi connectivity index (χ0v) is 18.2. The number of aryl methyl sites for hydroxylation is 1. The van der Waals surface area contributed by atoms with Crippen molar-refractivity contribution in [3.63, 3.8) is 0 Å². The third-order valence-electron chi connectivity index (χ3n) is 8.36. The molecule has 0 aliphatic heterocycles. The first-order chi connectivity index (χ1) is 14.7. The molecule has 4 atom stereocenters. The summed E-state index contributed by atoms with van der Waals surface area (Å²) in [6.07, 6.45) is 11.4. The van der Waals surface area contributed by atoms with Crippen LogP contribution in [-0.4, -0.2) is 9.97 Å². The lowest BCUT2D eigenvalue weighted by Gasteiger charge is -2.21. The zero-order chi connectivity index (χ0) is 20.2. The lowest BCUT2D eigenvalue weighted by Crippen LogP contribution is -2.02. The number of nitrogens with one attached hydrogen (secondary N) is 1. The maximum Gasteiger partial charge on any atom is 0.109 e. The predicted octanol–water partition coefficient (Wildman–Crippen LogP) is 7.71. The topological polar surface area (TPSA) is 28.7 Å². The molecule has 3 aliphatic rings. The zero-order valence-electron chi connectivity index (χ0n) is 18.2. The smallest absolute Gasteiger partial charge is 0.109 e. The van der Waals surface area contributed by atoms with E-state index in [0.717, 1.165) is 23.4 Å². The molecule has 0 amide bonds. The summed E-state index contributed by atoms with van der Waals surface area (Å²) in [7, 11) is 0. The van der Waals surface area contributed by atoms with Crippen LogP contribution in [-0.2, 0) is 0 Å². The molecule has 6 rings (SSSR count). The normalized spacial score (nSPS) is 27.0. The van der Waals surface area contributed by atoms with Crippen molar-refractivity contribution in [1.29, 1.82) is 0 Å². The first kappa shape index (κ1) is 18.4. The summed E-state index contributed by atoms with van der Waals surface area (Å²) in [5.74, 6) is 4.30. The van der Waals surface area contributed by atoms with E-state index in [4.69, 9.17) is 4.98 Å². The van der Waals surface area contributed by atoms with E-state index in [0.29, 0.717) is 5.92 Å². The summed E-state index contributed by atoms with van der Waals surface area (Å²) in [4.78, 5) is 8.39. The largest absolute Gasteiger partial charge is 0.342 e. The van der Waals surface area contributed by atoms with Gasteiger partial charge in [-0.1, -0.05) is 49.7 Å². The van der Waals surface area contributed by atoms with Crippen LogP contribution in [0.5, 0.6) is 0 Å². The molecule has 3 aliphatic carbocycles. The molecule has 0 saturated heterocycles. The Hall–Kier alpha value is -2.35. The standard InChI is InChI=1S/C28H32N2/c1-3-18-5-6-23(14-18)28-29-16-25(30-28)20-9-7-19(8-10-20)24-13-4-17(2)26-21-11-12-22(15-21)27(24)26/h4,7-10,13,16,18,21-23H,3,5-6,11-12,14-15H2,1-2H3,(H,29,30)/t18-,21?,22?,23+/m1/s1. The number of nitrogens with zero attached hydrogens (tertiary/aromatic N) is 1. The molecule has 1 N–H and O–H groups in total. The van der Waals surface area contributed by atoms with Crippen molar-refractivity contribution in [2.45, 2.75) is 76.5 Å². The highest BCUT2D eigenvalue weighted by molar-refractivity contribution is 5.75. The summed E-state index contributed by atoms with van der Waals surface area (Å²) < 4.78 is 0. The fourth-order valence-corrected chi connectivity index (χ4v) is 6.70. The predicted molar refractivity (Wildman–Crippen MR) is 124 cm³/mol. The molecule has 0 radical (unpaired) electrons. The van der Waals surface area contributed by atoms with Crippen LogP contribution in [0.15, 0.2) is 42.6 Å². The van der Waals surface area contributed by atoms with Gasteiger partial charge < -0.3 is 4.98 Å². The third-order valence-corrected chi connectivity index (χ3v) is 8.36. The Morgan fingerprint density at radius 1 is 0.833 bits per heavy atom. The van der Waals surface area contributed by atoms with Crippen LogP contribution in [0.25, 0.3) is 22.4 Å². The van der Waals surface area contributed by atoms with Gasteiger partial charge in [-0.2, -0.15) is 0 Å². The van der Waals surface area contributed by atoms with Crippen LogP contribution >= 0.6 is 0 Å². The van der Waals surface area contributed by atoms with Crippen molar-refractivity contribution in [2.24, 2.45) is 5.92 Å². The molecule has 2 saturated carbocycles. The van der Waals surface area contributed by atoms with E-state index >= 15 is 0 Å². The van der Waals surface area contributed by atoms with Gasteiger partial charge in [0.1, 0.15) is 5.82 Å². The quantitative estimate of drug-likeness (QED) is 0.480. The van der Waals surface area contributed by atoms with Crippen molar-refractivity contribution in [2.75, 3.05) is 0 Å². The monoisotopic (exact) mass is 396 g/mol. The Morgan fingerprint density at radius 3 is 2.33 bits per heavy atom. The summed E-state index contributed by atoms with van der Waals surface area (Å²) in [5.41, 5.74) is 10.1. The van der Waals surface area contributed by atoms with Crippen LogP contribution in [0, 0.1) is 12.8 Å². The van der Waals surface area contributed by atoms with Gasteiger partial charge in [-0.15, -0.1) is 0 Å². The van der Waals surface area contributed by atoms with Crippen molar-refractivity contribution in [1.82, 2.24) is 9.97 Å². The number of hydrogen-bond donors (Lipinski definition) is 1. The average molecular weight is 397 g/mol. The number of fused-ring (bicyclic) bond motifs is 5. The molecule has 2 aromatic carbocycles. The highest BCUT2D eigenvalue weighted by Crippen LogP contribution is 2.56. The van der Waals surface area contributed by atoms with E-state index in [-0.39, 0.29) is 0 Å². The highest BCUT2D eigenvalue weighted by Gasteiger charge is 2.39. The average Bonchev–Trinajstić information content (AvgIpc) is 3.58. The molecule has 1 aromatic heterocycles. The fraction of sp³-hybridized carbons (Fsp3) is 0.464. The number of H-pyrrole nitrogens is 1. The second-order valence-electron chi connectivity index (χ2n) is 10.0. The van der Waals surface area contributed by atoms with Crippen molar-refractivity contribution < 1.29 is 0 Å². The van der Waals surface area contributed by atoms with E-state index in [1.807, 2.05) is 6.20 Å². The molecule has 2 fully saturated rings. The molecule has 30 heavy (non-hydrogen) atoms. The summed E-state index contributed by atoms with van der Waals surface area (Å²) in [6.45, 7) is 4.62. The van der Waals surface area contributed by atoms with E-state index in [1.54, 1.807) is 11.1 Å². The van der Waals surface area contributed by atoms with E-state index in [9.17, 15) is 0 Å². The molecule has 2 bridgehead atoms. The summed E-state index contributed by atoms with van der Waals surface area (Å²) in [6, 6.07) is 13.9. The Balaban J connectivity index is 1.28. The second-order valence-corrected chi connectivity index (χ2v) is 10.0. The molecule has 2 nitrogen and oxygen atoms in total. The van der Waals surface area contributed by atoms with Gasteiger partial charge in [-0.3, -0.25) is 0 Å². The number of hydrogen-bond acceptors (Lipinski definition) is 1. The lowest BCUT2D eigenvalue weighted by molar-refractivity contribution is 0.517. The van der Waals surface area contributed by atoms with Crippen LogP contribution in [0.4, 0.5) is 0 Å². The van der Waals surface area contributed by atoms with Crippen LogP contribution in [0.1, 0.15) is 92.1 Å². The van der Waals surface area contributed by atoms with Gasteiger partial charge >= 0.3 is 0 Å². The molecule has 3 aromatic rings. The number of rotatable bonds is 4. The van der Waals surface area contributed by atoms with Gasteiger partial charge in [-0.05, 0) is 96.6 Å². The van der Waals surface area contributed by atoms with Crippen molar-refractivity contribution >= 4 is 0 Å². The first-order valence-electron chi connectivity index (χ1n) is 12.0.